The number of carbonyl (C=O) groups excluding carboxylic acids is 1. The van der Waals surface area contributed by atoms with Crippen molar-refractivity contribution in [2.75, 3.05) is 12.4 Å². The van der Waals surface area contributed by atoms with Crippen LogP contribution in [0.2, 0.25) is 0 Å². The highest BCUT2D eigenvalue weighted by Crippen LogP contribution is 2.16. The number of aromatic nitrogens is 4. The summed E-state index contributed by atoms with van der Waals surface area (Å²) in [5, 5.41) is 10.4. The number of carbonyl (C=O) groups is 1. The second-order valence-corrected chi connectivity index (χ2v) is 4.55. The molecule has 0 aliphatic rings. The van der Waals surface area contributed by atoms with Gasteiger partial charge in [0.05, 0.1) is 13.3 Å². The molecule has 0 saturated heterocycles. The van der Waals surface area contributed by atoms with Gasteiger partial charge in [-0.3, -0.25) is 9.78 Å². The van der Waals surface area contributed by atoms with Gasteiger partial charge in [0, 0.05) is 18.1 Å². The molecule has 3 aromatic rings. The maximum atomic E-state index is 12.0. The maximum Gasteiger partial charge on any atom is 0.267 e. The summed E-state index contributed by atoms with van der Waals surface area (Å²) in [5.74, 6) is 0.889. The molecule has 0 aliphatic heterocycles. The van der Waals surface area contributed by atoms with Gasteiger partial charge in [-0.15, -0.1) is 10.2 Å². The van der Waals surface area contributed by atoms with Crippen LogP contribution >= 0.6 is 0 Å². The van der Waals surface area contributed by atoms with E-state index >= 15 is 0 Å². The summed E-state index contributed by atoms with van der Waals surface area (Å²) in [4.78, 5) is 20.0. The van der Waals surface area contributed by atoms with E-state index in [1.807, 2.05) is 0 Å². The van der Waals surface area contributed by atoms with Crippen LogP contribution in [0.1, 0.15) is 5.89 Å². The zero-order valence-corrected chi connectivity index (χ0v) is 12.3. The zero-order chi connectivity index (χ0) is 16.1. The molecule has 0 unspecified atom stereocenters. The third kappa shape index (κ3) is 3.67. The molecule has 0 spiro atoms. The predicted molar refractivity (Wildman–Crippen MR) is 80.7 cm³/mol. The average molecular weight is 311 g/mol. The average Bonchev–Trinajstić information content (AvgIpc) is 3.04. The fraction of sp³-hybridized carbons (Fsp3) is 0.133. The Hall–Kier alpha value is -3.29. The van der Waals surface area contributed by atoms with Crippen LogP contribution in [0.25, 0.3) is 11.6 Å². The van der Waals surface area contributed by atoms with Crippen molar-refractivity contribution in [3.63, 3.8) is 0 Å². The van der Waals surface area contributed by atoms with Crippen LogP contribution in [0.3, 0.4) is 0 Å². The van der Waals surface area contributed by atoms with Crippen molar-refractivity contribution in [3.05, 3.63) is 48.7 Å². The smallest absolute Gasteiger partial charge is 0.267 e. The van der Waals surface area contributed by atoms with Crippen LogP contribution < -0.4 is 10.1 Å². The van der Waals surface area contributed by atoms with Crippen LogP contribution in [-0.2, 0) is 11.2 Å². The molecule has 3 rings (SSSR count). The summed E-state index contributed by atoms with van der Waals surface area (Å²) in [6.45, 7) is 0. The lowest BCUT2D eigenvalue weighted by molar-refractivity contribution is -0.115. The van der Waals surface area contributed by atoms with Gasteiger partial charge < -0.3 is 14.5 Å². The molecule has 0 aliphatic carbocycles. The standard InChI is InChI=1S/C15H13N5O3/c1-22-11-4-2-10(3-5-11)18-13(21)8-14-19-20-15(23-14)12-9-16-6-7-17-12/h2-7,9H,8H2,1H3,(H,18,21). The third-order valence-electron chi connectivity index (χ3n) is 2.93. The van der Waals surface area contributed by atoms with Crippen LogP contribution in [0.5, 0.6) is 5.75 Å². The molecule has 23 heavy (non-hydrogen) atoms. The molecule has 8 heteroatoms. The SMILES string of the molecule is COc1ccc(NC(=O)Cc2nnc(-c3cnccn3)o2)cc1. The number of nitrogens with zero attached hydrogens (tertiary/aromatic N) is 4. The Bertz CT molecular complexity index is 786. The Morgan fingerprint density at radius 1 is 1.22 bits per heavy atom. The van der Waals surface area contributed by atoms with E-state index in [0.29, 0.717) is 17.1 Å². The molecule has 2 aromatic heterocycles. The molecule has 0 fully saturated rings. The number of ether oxygens (including phenoxy) is 1. The third-order valence-corrected chi connectivity index (χ3v) is 2.93. The van der Waals surface area contributed by atoms with Crippen molar-refractivity contribution in [1.82, 2.24) is 20.2 Å². The van der Waals surface area contributed by atoms with Gasteiger partial charge in [-0.25, -0.2) is 4.98 Å². The van der Waals surface area contributed by atoms with Gasteiger partial charge in [0.1, 0.15) is 17.9 Å². The summed E-state index contributed by atoms with van der Waals surface area (Å²) >= 11 is 0. The molecule has 1 aromatic carbocycles. The van der Waals surface area contributed by atoms with E-state index < -0.39 is 0 Å². The second-order valence-electron chi connectivity index (χ2n) is 4.55. The first-order valence-electron chi connectivity index (χ1n) is 6.77. The van der Waals surface area contributed by atoms with Crippen LogP contribution in [0, 0.1) is 0 Å². The molecule has 0 saturated carbocycles. The highest BCUT2D eigenvalue weighted by atomic mass is 16.5. The minimum absolute atomic E-state index is 0.0285. The lowest BCUT2D eigenvalue weighted by atomic mass is 10.3. The van der Waals surface area contributed by atoms with E-state index in [1.165, 1.54) is 12.4 Å². The molecular weight excluding hydrogens is 298 g/mol. The summed E-state index contributed by atoms with van der Waals surface area (Å²) in [7, 11) is 1.58. The summed E-state index contributed by atoms with van der Waals surface area (Å²) in [5.41, 5.74) is 1.12. The number of hydrogen-bond acceptors (Lipinski definition) is 7. The fourth-order valence-corrected chi connectivity index (χ4v) is 1.85. The van der Waals surface area contributed by atoms with Gasteiger partial charge in [0.25, 0.3) is 5.89 Å². The van der Waals surface area contributed by atoms with Crippen LogP contribution in [0.4, 0.5) is 5.69 Å². The number of benzene rings is 1. The van der Waals surface area contributed by atoms with Crippen molar-refractivity contribution in [1.29, 1.82) is 0 Å². The predicted octanol–water partition coefficient (Wildman–Crippen LogP) is 1.72. The van der Waals surface area contributed by atoms with Gasteiger partial charge >= 0.3 is 0 Å². The van der Waals surface area contributed by atoms with E-state index in [9.17, 15) is 4.79 Å². The van der Waals surface area contributed by atoms with E-state index in [0.717, 1.165) is 0 Å². The lowest BCUT2D eigenvalue weighted by Gasteiger charge is -2.04. The summed E-state index contributed by atoms with van der Waals surface area (Å²) < 4.78 is 10.5. The Labute approximate surface area is 131 Å². The first-order chi connectivity index (χ1) is 11.2. The topological polar surface area (TPSA) is 103 Å². The monoisotopic (exact) mass is 311 g/mol. The van der Waals surface area contributed by atoms with Gasteiger partial charge in [-0.05, 0) is 24.3 Å². The summed E-state index contributed by atoms with van der Waals surface area (Å²) in [6, 6.07) is 7.01. The number of rotatable bonds is 5. The maximum absolute atomic E-state index is 12.0. The summed E-state index contributed by atoms with van der Waals surface area (Å²) in [6.07, 6.45) is 4.55. The van der Waals surface area contributed by atoms with E-state index in [-0.39, 0.29) is 24.1 Å². The van der Waals surface area contributed by atoms with Crippen LogP contribution in [0.15, 0.2) is 47.3 Å². The first-order valence-corrected chi connectivity index (χ1v) is 6.77. The number of amides is 1. The number of hydrogen-bond donors (Lipinski definition) is 1. The van der Waals surface area contributed by atoms with Gasteiger partial charge in [-0.1, -0.05) is 0 Å². The second kappa shape index (κ2) is 6.65. The number of methoxy groups -OCH3 is 1. The molecule has 8 nitrogen and oxygen atoms in total. The van der Waals surface area contributed by atoms with E-state index in [2.05, 4.69) is 25.5 Å². The fourth-order valence-electron chi connectivity index (χ4n) is 1.85. The van der Waals surface area contributed by atoms with Gasteiger partial charge in [0.15, 0.2) is 0 Å². The number of anilines is 1. The van der Waals surface area contributed by atoms with E-state index in [1.54, 1.807) is 37.6 Å². The molecule has 1 amide bonds. The Morgan fingerprint density at radius 2 is 2.04 bits per heavy atom. The molecule has 116 valence electrons. The molecule has 0 radical (unpaired) electrons. The van der Waals surface area contributed by atoms with E-state index in [4.69, 9.17) is 9.15 Å². The minimum atomic E-state index is -0.260. The normalized spacial score (nSPS) is 10.3. The molecule has 0 atom stereocenters. The molecule has 2 heterocycles. The highest BCUT2D eigenvalue weighted by Gasteiger charge is 2.13. The van der Waals surface area contributed by atoms with Crippen molar-refractivity contribution in [3.8, 4) is 17.3 Å². The van der Waals surface area contributed by atoms with Crippen molar-refractivity contribution < 1.29 is 13.9 Å². The van der Waals surface area contributed by atoms with Gasteiger partial charge in [0.2, 0.25) is 11.8 Å². The Kier molecular flexibility index (Phi) is 4.23. The van der Waals surface area contributed by atoms with Gasteiger partial charge in [-0.2, -0.15) is 0 Å². The molecular formula is C15H13N5O3. The quantitative estimate of drug-likeness (QED) is 0.765. The lowest BCUT2D eigenvalue weighted by Crippen LogP contribution is -2.14. The highest BCUT2D eigenvalue weighted by molar-refractivity contribution is 5.91. The van der Waals surface area contributed by atoms with Crippen molar-refractivity contribution >= 4 is 11.6 Å². The van der Waals surface area contributed by atoms with Crippen molar-refractivity contribution in [2.45, 2.75) is 6.42 Å². The molecule has 1 N–H and O–H groups in total. The minimum Gasteiger partial charge on any atom is -0.497 e. The van der Waals surface area contributed by atoms with Crippen molar-refractivity contribution in [2.24, 2.45) is 0 Å². The van der Waals surface area contributed by atoms with Crippen LogP contribution in [-0.4, -0.2) is 33.2 Å². The molecule has 0 bridgehead atoms. The first kappa shape index (κ1) is 14.6. The zero-order valence-electron chi connectivity index (χ0n) is 12.3. The number of nitrogens with one attached hydrogen (secondary N) is 1. The largest absolute Gasteiger partial charge is 0.497 e. The Balaban J connectivity index is 1.63. The Morgan fingerprint density at radius 3 is 2.74 bits per heavy atom.